The van der Waals surface area contributed by atoms with Gasteiger partial charge in [-0.2, -0.15) is 18.4 Å². The number of nitriles is 1. The van der Waals surface area contributed by atoms with Gasteiger partial charge in [0.05, 0.1) is 17.2 Å². The molecule has 0 bridgehead atoms. The summed E-state index contributed by atoms with van der Waals surface area (Å²) in [5.74, 6) is -0.340. The molecule has 2 N–H and O–H groups in total. The third-order valence-corrected chi connectivity index (χ3v) is 4.32. The van der Waals surface area contributed by atoms with E-state index in [1.54, 1.807) is 24.3 Å². The standard InChI is InChI=1S/C22H23F3N2O3/c1-14(2)11-20(21(29)27-10-9-15-3-6-17(28)7-4-15)30-18-8-5-16(13-26)19(12-18)22(23,24)25/h3-8,12,14,20,28H,9-11H2,1-2H3,(H,27,29)/t20-/m1/s1. The molecule has 0 spiro atoms. The van der Waals surface area contributed by atoms with Crippen LogP contribution in [0.15, 0.2) is 42.5 Å². The second kappa shape index (κ2) is 10.0. The van der Waals surface area contributed by atoms with Crippen LogP contribution < -0.4 is 10.1 Å². The molecule has 0 aliphatic carbocycles. The predicted octanol–water partition coefficient (Wildman–Crippen LogP) is 4.44. The summed E-state index contributed by atoms with van der Waals surface area (Å²) >= 11 is 0. The molecular weight excluding hydrogens is 397 g/mol. The molecular formula is C22H23F3N2O3. The van der Waals surface area contributed by atoms with Crippen molar-refractivity contribution in [3.05, 3.63) is 59.2 Å². The molecule has 30 heavy (non-hydrogen) atoms. The number of nitrogens with zero attached hydrogens (tertiary/aromatic N) is 1. The van der Waals surface area contributed by atoms with Crippen LogP contribution in [-0.2, 0) is 17.4 Å². The number of carbonyl (C=O) groups is 1. The van der Waals surface area contributed by atoms with Gasteiger partial charge in [0.15, 0.2) is 6.10 Å². The fraction of sp³-hybridized carbons (Fsp3) is 0.364. The summed E-state index contributed by atoms with van der Waals surface area (Å²) in [5.41, 5.74) is -0.691. The van der Waals surface area contributed by atoms with Crippen LogP contribution in [0.1, 0.15) is 37.0 Å². The van der Waals surface area contributed by atoms with E-state index in [4.69, 9.17) is 10.00 Å². The Hall–Kier alpha value is -3.21. The number of nitrogens with one attached hydrogen (secondary N) is 1. The summed E-state index contributed by atoms with van der Waals surface area (Å²) in [4.78, 5) is 12.6. The van der Waals surface area contributed by atoms with E-state index < -0.39 is 29.3 Å². The average Bonchev–Trinajstić information content (AvgIpc) is 2.68. The second-order valence-electron chi connectivity index (χ2n) is 7.26. The lowest BCUT2D eigenvalue weighted by atomic mass is 10.0. The first kappa shape index (κ1) is 23.1. The zero-order valence-electron chi connectivity index (χ0n) is 16.7. The lowest BCUT2D eigenvalue weighted by Crippen LogP contribution is -2.40. The van der Waals surface area contributed by atoms with Gasteiger partial charge >= 0.3 is 6.18 Å². The SMILES string of the molecule is CC(C)C[C@@H](Oc1ccc(C#N)c(C(F)(F)F)c1)C(=O)NCCc1ccc(O)cc1. The van der Waals surface area contributed by atoms with Gasteiger partial charge < -0.3 is 15.2 Å². The van der Waals surface area contributed by atoms with Gasteiger partial charge in [-0.05, 0) is 54.7 Å². The van der Waals surface area contributed by atoms with Crippen LogP contribution in [0.3, 0.4) is 0 Å². The van der Waals surface area contributed by atoms with Gasteiger partial charge in [-0.3, -0.25) is 4.79 Å². The minimum atomic E-state index is -4.70. The molecule has 2 rings (SSSR count). The van der Waals surface area contributed by atoms with Gasteiger partial charge in [0, 0.05) is 6.54 Å². The maximum atomic E-state index is 13.2. The van der Waals surface area contributed by atoms with E-state index in [9.17, 15) is 23.1 Å². The molecule has 0 aliphatic heterocycles. The Balaban J connectivity index is 2.08. The second-order valence-corrected chi connectivity index (χ2v) is 7.26. The Morgan fingerprint density at radius 2 is 1.87 bits per heavy atom. The number of benzene rings is 2. The normalized spacial score (nSPS) is 12.3. The molecule has 0 aliphatic rings. The van der Waals surface area contributed by atoms with Gasteiger partial charge in [-0.15, -0.1) is 0 Å². The number of rotatable bonds is 8. The number of ether oxygens (including phenoxy) is 1. The van der Waals surface area contributed by atoms with Gasteiger partial charge in [-0.1, -0.05) is 26.0 Å². The number of halogens is 3. The molecule has 160 valence electrons. The van der Waals surface area contributed by atoms with Gasteiger partial charge in [0.1, 0.15) is 11.5 Å². The molecule has 8 heteroatoms. The lowest BCUT2D eigenvalue weighted by molar-refractivity contribution is -0.137. The summed E-state index contributed by atoms with van der Waals surface area (Å²) in [7, 11) is 0. The van der Waals surface area contributed by atoms with Crippen LogP contribution in [0.5, 0.6) is 11.5 Å². The van der Waals surface area contributed by atoms with Crippen LogP contribution >= 0.6 is 0 Å². The smallest absolute Gasteiger partial charge is 0.417 e. The molecule has 5 nitrogen and oxygen atoms in total. The highest BCUT2D eigenvalue weighted by Crippen LogP contribution is 2.34. The third-order valence-electron chi connectivity index (χ3n) is 4.32. The summed E-state index contributed by atoms with van der Waals surface area (Å²) in [6.07, 6.45) is -4.84. The number of amides is 1. The fourth-order valence-electron chi connectivity index (χ4n) is 2.84. The molecule has 0 radical (unpaired) electrons. The van der Waals surface area contributed by atoms with Gasteiger partial charge in [0.2, 0.25) is 0 Å². The zero-order valence-corrected chi connectivity index (χ0v) is 16.7. The van der Waals surface area contributed by atoms with Crippen molar-refractivity contribution in [3.8, 4) is 17.6 Å². The van der Waals surface area contributed by atoms with Crippen molar-refractivity contribution in [1.82, 2.24) is 5.32 Å². The van der Waals surface area contributed by atoms with Crippen molar-refractivity contribution in [2.24, 2.45) is 5.92 Å². The first-order chi connectivity index (χ1) is 14.1. The van der Waals surface area contributed by atoms with Crippen LogP contribution in [0.2, 0.25) is 0 Å². The quantitative estimate of drug-likeness (QED) is 0.662. The largest absolute Gasteiger partial charge is 0.508 e. The number of hydrogen-bond donors (Lipinski definition) is 2. The number of phenols is 1. The van der Waals surface area contributed by atoms with E-state index in [1.165, 1.54) is 12.1 Å². The molecule has 0 heterocycles. The van der Waals surface area contributed by atoms with E-state index >= 15 is 0 Å². The molecule has 1 amide bonds. The van der Waals surface area contributed by atoms with E-state index in [0.717, 1.165) is 17.7 Å². The highest BCUT2D eigenvalue weighted by molar-refractivity contribution is 5.81. The van der Waals surface area contributed by atoms with Crippen molar-refractivity contribution in [3.63, 3.8) is 0 Å². The van der Waals surface area contributed by atoms with Crippen molar-refractivity contribution >= 4 is 5.91 Å². The Labute approximate surface area is 173 Å². The van der Waals surface area contributed by atoms with Crippen LogP contribution in [0, 0.1) is 17.2 Å². The molecule has 2 aromatic carbocycles. The average molecular weight is 420 g/mol. The minimum Gasteiger partial charge on any atom is -0.508 e. The van der Waals surface area contributed by atoms with Gasteiger partial charge in [-0.25, -0.2) is 0 Å². The van der Waals surface area contributed by atoms with Crippen LogP contribution in [0.4, 0.5) is 13.2 Å². The third kappa shape index (κ3) is 6.69. The number of alkyl halides is 3. The summed E-state index contributed by atoms with van der Waals surface area (Å²) in [6, 6.07) is 11.1. The highest BCUT2D eigenvalue weighted by atomic mass is 19.4. The van der Waals surface area contributed by atoms with Crippen molar-refractivity contribution in [1.29, 1.82) is 5.26 Å². The molecule has 0 fully saturated rings. The van der Waals surface area contributed by atoms with Crippen molar-refractivity contribution < 1.29 is 27.8 Å². The lowest BCUT2D eigenvalue weighted by Gasteiger charge is -2.21. The zero-order chi connectivity index (χ0) is 22.3. The number of carbonyl (C=O) groups excluding carboxylic acids is 1. The number of aromatic hydroxyl groups is 1. The maximum Gasteiger partial charge on any atom is 0.417 e. The van der Waals surface area contributed by atoms with E-state index in [-0.39, 0.29) is 17.4 Å². The summed E-state index contributed by atoms with van der Waals surface area (Å²) in [6.45, 7) is 4.06. The molecule has 0 saturated heterocycles. The summed E-state index contributed by atoms with van der Waals surface area (Å²) < 4.78 is 45.1. The maximum absolute atomic E-state index is 13.2. The van der Waals surface area contributed by atoms with E-state index in [1.807, 2.05) is 13.8 Å². The molecule has 1 atom stereocenters. The summed E-state index contributed by atoms with van der Waals surface area (Å²) in [5, 5.41) is 20.9. The Kier molecular flexibility index (Phi) is 7.70. The number of hydrogen-bond acceptors (Lipinski definition) is 4. The fourth-order valence-corrected chi connectivity index (χ4v) is 2.84. The molecule has 2 aromatic rings. The number of phenolic OH excluding ortho intramolecular Hbond substituents is 1. The topological polar surface area (TPSA) is 82.3 Å². The Morgan fingerprint density at radius 1 is 1.20 bits per heavy atom. The molecule has 0 saturated carbocycles. The minimum absolute atomic E-state index is 0.0679. The molecule has 0 aromatic heterocycles. The first-order valence-electron chi connectivity index (χ1n) is 9.43. The Bertz CT molecular complexity index is 903. The first-order valence-corrected chi connectivity index (χ1v) is 9.43. The van der Waals surface area contributed by atoms with Crippen LogP contribution in [-0.4, -0.2) is 23.7 Å². The van der Waals surface area contributed by atoms with Crippen molar-refractivity contribution in [2.75, 3.05) is 6.54 Å². The van der Waals surface area contributed by atoms with E-state index in [0.29, 0.717) is 19.4 Å². The van der Waals surface area contributed by atoms with Crippen LogP contribution in [0.25, 0.3) is 0 Å². The Morgan fingerprint density at radius 3 is 2.43 bits per heavy atom. The van der Waals surface area contributed by atoms with Crippen molar-refractivity contribution in [2.45, 2.75) is 39.0 Å². The highest BCUT2D eigenvalue weighted by Gasteiger charge is 2.34. The monoisotopic (exact) mass is 420 g/mol. The molecule has 0 unspecified atom stereocenters. The van der Waals surface area contributed by atoms with Gasteiger partial charge in [0.25, 0.3) is 5.91 Å². The predicted molar refractivity (Wildman–Crippen MR) is 105 cm³/mol. The van der Waals surface area contributed by atoms with E-state index in [2.05, 4.69) is 5.32 Å².